The molecule has 3 amide bonds. The first kappa shape index (κ1) is 19.4. The van der Waals surface area contributed by atoms with Crippen LogP contribution in [-0.4, -0.2) is 29.3 Å². The fourth-order valence-corrected chi connectivity index (χ4v) is 2.80. The van der Waals surface area contributed by atoms with Crippen molar-refractivity contribution in [3.8, 4) is 0 Å². The minimum Gasteiger partial charge on any atom is -0.360 e. The number of carbonyl (C=O) groups excluding carboxylic acids is 3. The zero-order valence-electron chi connectivity index (χ0n) is 14.9. The predicted molar refractivity (Wildman–Crippen MR) is 107 cm³/mol. The third-order valence-corrected chi connectivity index (χ3v) is 4.37. The molecule has 0 aliphatic heterocycles. The first-order valence-electron chi connectivity index (χ1n) is 8.73. The van der Waals surface area contributed by atoms with E-state index in [9.17, 15) is 14.4 Å². The highest BCUT2D eigenvalue weighted by Gasteiger charge is 2.12. The van der Waals surface area contributed by atoms with Crippen LogP contribution in [0.2, 0.25) is 5.02 Å². The summed E-state index contributed by atoms with van der Waals surface area (Å²) in [5.41, 5.74) is 6.57. The molecule has 1 aromatic heterocycles. The molecule has 0 aliphatic rings. The minimum absolute atomic E-state index is 0.162. The number of rotatable bonds is 6. The number of aromatic amines is 1. The van der Waals surface area contributed by atoms with Gasteiger partial charge in [0, 0.05) is 40.7 Å². The molecule has 0 saturated carbocycles. The number of carbonyl (C=O) groups is 3. The van der Waals surface area contributed by atoms with Gasteiger partial charge in [-0.2, -0.15) is 0 Å². The van der Waals surface area contributed by atoms with E-state index in [2.05, 4.69) is 21.2 Å². The average molecular weight is 399 g/mol. The molecule has 0 radical (unpaired) electrons. The first-order valence-corrected chi connectivity index (χ1v) is 9.11. The number of hydrogen-bond acceptors (Lipinski definition) is 3. The predicted octanol–water partition coefficient (Wildman–Crippen LogP) is 2.79. The van der Waals surface area contributed by atoms with Crippen LogP contribution in [0.25, 0.3) is 10.9 Å². The number of fused-ring (bicyclic) bond motifs is 1. The molecule has 0 unspecified atom stereocenters. The Morgan fingerprint density at radius 3 is 2.46 bits per heavy atom. The molecule has 4 N–H and O–H groups in total. The topological polar surface area (TPSA) is 103 Å². The van der Waals surface area contributed by atoms with Crippen LogP contribution >= 0.6 is 11.6 Å². The second-order valence-corrected chi connectivity index (χ2v) is 6.55. The number of halogens is 1. The van der Waals surface area contributed by atoms with Gasteiger partial charge in [0.05, 0.1) is 5.56 Å². The monoisotopic (exact) mass is 398 g/mol. The number of amides is 3. The van der Waals surface area contributed by atoms with Gasteiger partial charge in [0.25, 0.3) is 11.8 Å². The zero-order chi connectivity index (χ0) is 19.9. The van der Waals surface area contributed by atoms with E-state index < -0.39 is 5.91 Å². The van der Waals surface area contributed by atoms with Crippen molar-refractivity contribution in [1.82, 2.24) is 21.2 Å². The van der Waals surface area contributed by atoms with Crippen LogP contribution in [0.5, 0.6) is 0 Å². The van der Waals surface area contributed by atoms with Crippen LogP contribution in [0.15, 0.2) is 54.7 Å². The summed E-state index contributed by atoms with van der Waals surface area (Å²) in [6.45, 7) is 0.339. The molecule has 3 rings (SSSR count). The van der Waals surface area contributed by atoms with Gasteiger partial charge in [0.15, 0.2) is 0 Å². The molecule has 144 valence electrons. The summed E-state index contributed by atoms with van der Waals surface area (Å²) in [6, 6.07) is 13.9. The molecular weight excluding hydrogens is 380 g/mol. The Bertz CT molecular complexity index is 998. The summed E-state index contributed by atoms with van der Waals surface area (Å²) in [5, 5.41) is 4.06. The van der Waals surface area contributed by atoms with E-state index in [-0.39, 0.29) is 18.2 Å². The number of hydrazine groups is 1. The molecule has 0 aliphatic carbocycles. The lowest BCUT2D eigenvalue weighted by atomic mass is 10.2. The molecule has 0 saturated heterocycles. The van der Waals surface area contributed by atoms with Gasteiger partial charge in [-0.1, -0.05) is 29.8 Å². The molecule has 3 aromatic rings. The SMILES string of the molecule is O=C(CCCNC(=O)c1ccc(Cl)cc1)NNC(=O)c1c[nH]c2ccccc12. The Kier molecular flexibility index (Phi) is 6.29. The van der Waals surface area contributed by atoms with Crippen molar-refractivity contribution in [2.24, 2.45) is 0 Å². The number of hydrogen-bond donors (Lipinski definition) is 4. The van der Waals surface area contributed by atoms with Crippen LogP contribution in [0.4, 0.5) is 0 Å². The molecule has 0 bridgehead atoms. The number of aromatic nitrogens is 1. The van der Waals surface area contributed by atoms with Gasteiger partial charge in [-0.3, -0.25) is 25.2 Å². The van der Waals surface area contributed by atoms with Gasteiger partial charge in [0.1, 0.15) is 0 Å². The molecule has 8 heteroatoms. The van der Waals surface area contributed by atoms with Crippen molar-refractivity contribution in [1.29, 1.82) is 0 Å². The third kappa shape index (κ3) is 4.89. The molecular formula is C20H19ClN4O3. The molecule has 28 heavy (non-hydrogen) atoms. The van der Waals surface area contributed by atoms with Crippen molar-refractivity contribution in [2.75, 3.05) is 6.54 Å². The lowest BCUT2D eigenvalue weighted by Gasteiger charge is -2.08. The number of para-hydroxylation sites is 1. The highest BCUT2D eigenvalue weighted by molar-refractivity contribution is 6.30. The second-order valence-electron chi connectivity index (χ2n) is 6.12. The van der Waals surface area contributed by atoms with E-state index >= 15 is 0 Å². The number of benzene rings is 2. The van der Waals surface area contributed by atoms with E-state index in [1.165, 1.54) is 0 Å². The fraction of sp³-hybridized carbons (Fsp3) is 0.150. The quantitative estimate of drug-likeness (QED) is 0.379. The molecule has 0 atom stereocenters. The zero-order valence-corrected chi connectivity index (χ0v) is 15.7. The van der Waals surface area contributed by atoms with Crippen LogP contribution in [-0.2, 0) is 4.79 Å². The van der Waals surface area contributed by atoms with Crippen molar-refractivity contribution >= 4 is 40.2 Å². The van der Waals surface area contributed by atoms with Gasteiger partial charge in [-0.05, 0) is 36.8 Å². The Balaban J connectivity index is 1.38. The summed E-state index contributed by atoms with van der Waals surface area (Å²) >= 11 is 5.78. The largest absolute Gasteiger partial charge is 0.360 e. The van der Waals surface area contributed by atoms with Gasteiger partial charge >= 0.3 is 0 Å². The maximum atomic E-state index is 12.2. The Labute approximate surface area is 166 Å². The third-order valence-electron chi connectivity index (χ3n) is 4.12. The minimum atomic E-state index is -0.401. The smallest absolute Gasteiger partial charge is 0.271 e. The highest BCUT2D eigenvalue weighted by atomic mass is 35.5. The maximum absolute atomic E-state index is 12.2. The van der Waals surface area contributed by atoms with E-state index in [0.717, 1.165) is 10.9 Å². The van der Waals surface area contributed by atoms with E-state index in [0.29, 0.717) is 29.1 Å². The first-order chi connectivity index (χ1) is 13.5. The van der Waals surface area contributed by atoms with E-state index in [4.69, 9.17) is 11.6 Å². The maximum Gasteiger partial charge on any atom is 0.271 e. The molecule has 7 nitrogen and oxygen atoms in total. The molecule has 2 aromatic carbocycles. The van der Waals surface area contributed by atoms with Crippen LogP contribution < -0.4 is 16.2 Å². The second kappa shape index (κ2) is 9.05. The molecule has 1 heterocycles. The van der Waals surface area contributed by atoms with Crippen molar-refractivity contribution in [3.63, 3.8) is 0 Å². The summed E-state index contributed by atoms with van der Waals surface area (Å²) in [6.07, 6.45) is 2.20. The Morgan fingerprint density at radius 1 is 0.929 bits per heavy atom. The van der Waals surface area contributed by atoms with Crippen LogP contribution in [0.3, 0.4) is 0 Å². The normalized spacial score (nSPS) is 10.5. The van der Waals surface area contributed by atoms with E-state index in [1.807, 2.05) is 24.3 Å². The Morgan fingerprint density at radius 2 is 1.68 bits per heavy atom. The van der Waals surface area contributed by atoms with Crippen LogP contribution in [0.1, 0.15) is 33.6 Å². The van der Waals surface area contributed by atoms with Gasteiger partial charge in [-0.25, -0.2) is 0 Å². The summed E-state index contributed by atoms with van der Waals surface area (Å²) in [4.78, 5) is 39.0. The van der Waals surface area contributed by atoms with Gasteiger partial charge < -0.3 is 10.3 Å². The standard InChI is InChI=1S/C20H19ClN4O3/c21-14-9-7-13(8-10-14)19(27)22-11-3-6-18(26)24-25-20(28)16-12-23-17-5-2-1-4-15(16)17/h1-2,4-5,7-10,12,23H,3,6,11H2,(H,22,27)(H,24,26)(H,25,28). The lowest BCUT2D eigenvalue weighted by Crippen LogP contribution is -2.41. The van der Waals surface area contributed by atoms with Crippen molar-refractivity contribution < 1.29 is 14.4 Å². The van der Waals surface area contributed by atoms with Gasteiger partial charge in [-0.15, -0.1) is 0 Å². The Hall–Kier alpha value is -3.32. The van der Waals surface area contributed by atoms with E-state index in [1.54, 1.807) is 30.5 Å². The van der Waals surface area contributed by atoms with Gasteiger partial charge in [0.2, 0.25) is 5.91 Å². The summed E-state index contributed by atoms with van der Waals surface area (Å²) in [7, 11) is 0. The summed E-state index contributed by atoms with van der Waals surface area (Å²) in [5.74, 6) is -0.972. The molecule has 0 spiro atoms. The number of H-pyrrole nitrogens is 1. The average Bonchev–Trinajstić information content (AvgIpc) is 3.14. The fourth-order valence-electron chi connectivity index (χ4n) is 2.67. The van der Waals surface area contributed by atoms with Crippen molar-refractivity contribution in [2.45, 2.75) is 12.8 Å². The summed E-state index contributed by atoms with van der Waals surface area (Å²) < 4.78 is 0. The van der Waals surface area contributed by atoms with Crippen LogP contribution in [0, 0.1) is 0 Å². The highest BCUT2D eigenvalue weighted by Crippen LogP contribution is 2.17. The van der Waals surface area contributed by atoms with Crippen molar-refractivity contribution in [3.05, 3.63) is 70.9 Å². The molecule has 0 fully saturated rings. The lowest BCUT2D eigenvalue weighted by molar-refractivity contribution is -0.121. The number of nitrogens with one attached hydrogen (secondary N) is 4.